The summed E-state index contributed by atoms with van der Waals surface area (Å²) < 4.78 is 85.8. The van der Waals surface area contributed by atoms with Gasteiger partial charge in [-0.15, -0.1) is 0 Å². The first-order valence-electron chi connectivity index (χ1n) is 16.2. The van der Waals surface area contributed by atoms with Crippen LogP contribution in [0, 0.1) is 11.3 Å². The molecule has 6 aromatic carbocycles. The number of nitriles is 1. The Balaban J connectivity index is 1.48. The molecule has 0 unspecified atom stereocenters. The van der Waals surface area contributed by atoms with Crippen molar-refractivity contribution in [2.75, 3.05) is 0 Å². The first-order valence-corrected chi connectivity index (χ1v) is 16.2. The van der Waals surface area contributed by atoms with E-state index in [0.29, 0.717) is 50.7 Å². The van der Waals surface area contributed by atoms with Gasteiger partial charge >= 0.3 is 12.4 Å². The van der Waals surface area contributed by atoms with Crippen LogP contribution in [-0.2, 0) is 12.4 Å². The van der Waals surface area contributed by atoms with Crippen molar-refractivity contribution >= 4 is 21.8 Å². The molecule has 0 spiro atoms. The number of rotatable bonds is 5. The molecule has 0 aliphatic heterocycles. The van der Waals surface area contributed by atoms with Crippen LogP contribution in [0.5, 0.6) is 0 Å². The van der Waals surface area contributed by atoms with E-state index in [1.54, 1.807) is 47.0 Å². The second-order valence-corrected chi connectivity index (χ2v) is 12.3. The van der Waals surface area contributed by atoms with Gasteiger partial charge in [-0.3, -0.25) is 0 Å². The number of halogens is 6. The zero-order chi connectivity index (χ0) is 36.9. The largest absolute Gasteiger partial charge is 0.416 e. The highest BCUT2D eigenvalue weighted by Crippen LogP contribution is 2.42. The van der Waals surface area contributed by atoms with Gasteiger partial charge in [0, 0.05) is 27.5 Å². The molecule has 0 amide bonds. The molecule has 5 nitrogen and oxygen atoms in total. The molecule has 2 aromatic heterocycles. The van der Waals surface area contributed by atoms with Crippen LogP contribution in [0.1, 0.15) is 16.7 Å². The van der Waals surface area contributed by atoms with Crippen molar-refractivity contribution in [1.82, 2.24) is 19.5 Å². The summed E-state index contributed by atoms with van der Waals surface area (Å²) in [5.41, 5.74) is 2.40. The van der Waals surface area contributed by atoms with Crippen molar-refractivity contribution in [3.63, 3.8) is 0 Å². The lowest BCUT2D eigenvalue weighted by molar-refractivity contribution is -0.138. The van der Waals surface area contributed by atoms with Crippen molar-refractivity contribution in [3.8, 4) is 57.0 Å². The molecule has 0 fully saturated rings. The van der Waals surface area contributed by atoms with Crippen LogP contribution in [-0.4, -0.2) is 19.5 Å². The first kappa shape index (κ1) is 33.3. The molecule has 53 heavy (non-hydrogen) atoms. The Morgan fingerprint density at radius 2 is 0.962 bits per heavy atom. The number of alkyl halides is 6. The summed E-state index contributed by atoms with van der Waals surface area (Å²) in [6.07, 6.45) is -9.48. The molecule has 8 rings (SSSR count). The van der Waals surface area contributed by atoms with Crippen LogP contribution in [0.2, 0.25) is 0 Å². The van der Waals surface area contributed by atoms with Gasteiger partial charge in [0.25, 0.3) is 0 Å². The smallest absolute Gasteiger partial charge is 0.308 e. The molecule has 0 N–H and O–H groups in total. The summed E-state index contributed by atoms with van der Waals surface area (Å²) in [6, 6.07) is 38.9. The number of hydrogen-bond donors (Lipinski definition) is 0. The van der Waals surface area contributed by atoms with Gasteiger partial charge in [0.15, 0.2) is 17.5 Å². The third-order valence-corrected chi connectivity index (χ3v) is 8.92. The van der Waals surface area contributed by atoms with E-state index in [1.165, 1.54) is 12.1 Å². The lowest BCUT2D eigenvalue weighted by Gasteiger charge is -2.17. The predicted molar refractivity (Wildman–Crippen MR) is 191 cm³/mol. The molecule has 11 heteroatoms. The molecule has 8 aromatic rings. The Morgan fingerprint density at radius 1 is 0.472 bits per heavy atom. The highest BCUT2D eigenvalue weighted by atomic mass is 19.4. The fourth-order valence-corrected chi connectivity index (χ4v) is 6.42. The summed E-state index contributed by atoms with van der Waals surface area (Å²) in [5.74, 6) is 0.940. The van der Waals surface area contributed by atoms with E-state index < -0.39 is 23.5 Å². The minimum atomic E-state index is -4.74. The van der Waals surface area contributed by atoms with Gasteiger partial charge in [-0.25, -0.2) is 15.0 Å². The maximum Gasteiger partial charge on any atom is 0.416 e. The van der Waals surface area contributed by atoms with E-state index in [4.69, 9.17) is 15.0 Å². The summed E-state index contributed by atoms with van der Waals surface area (Å²) in [7, 11) is 0. The number of benzene rings is 6. The average Bonchev–Trinajstić information content (AvgIpc) is 3.50. The lowest BCUT2D eigenvalue weighted by Crippen LogP contribution is -2.05. The van der Waals surface area contributed by atoms with Crippen molar-refractivity contribution in [3.05, 3.63) is 156 Å². The Hall–Kier alpha value is -6.80. The topological polar surface area (TPSA) is 67.4 Å². The third kappa shape index (κ3) is 6.25. The van der Waals surface area contributed by atoms with Crippen molar-refractivity contribution < 1.29 is 26.3 Å². The molecule has 0 aliphatic carbocycles. The maximum atomic E-state index is 14.0. The zero-order valence-corrected chi connectivity index (χ0v) is 27.3. The minimum Gasteiger partial charge on any atom is -0.308 e. The molecule has 0 bridgehead atoms. The molecule has 0 radical (unpaired) electrons. The summed E-state index contributed by atoms with van der Waals surface area (Å²) in [6.45, 7) is 0. The monoisotopic (exact) mass is 711 g/mol. The number of nitrogens with zero attached hydrogens (tertiary/aromatic N) is 5. The number of hydrogen-bond acceptors (Lipinski definition) is 4. The van der Waals surface area contributed by atoms with Gasteiger partial charge in [-0.1, -0.05) is 78.9 Å². The predicted octanol–water partition coefficient (Wildman–Crippen LogP) is 11.5. The molecule has 0 aliphatic rings. The van der Waals surface area contributed by atoms with Gasteiger partial charge in [0.1, 0.15) is 0 Å². The Morgan fingerprint density at radius 3 is 1.47 bits per heavy atom. The van der Waals surface area contributed by atoms with Crippen LogP contribution in [0.4, 0.5) is 26.3 Å². The second kappa shape index (κ2) is 12.8. The summed E-state index contributed by atoms with van der Waals surface area (Å²) >= 11 is 0. The van der Waals surface area contributed by atoms with E-state index in [0.717, 1.165) is 24.3 Å². The average molecular weight is 712 g/mol. The van der Waals surface area contributed by atoms with Crippen molar-refractivity contribution in [2.24, 2.45) is 0 Å². The highest BCUT2D eigenvalue weighted by molar-refractivity contribution is 6.10. The standard InChI is InChI=1S/C42H23F6N5/c43-41(44,45)30-15-18-35-33(22-30)34-23-31(42(46,47)48)16-19-36(34)53(35)37-21-29(28-13-7-8-25(20-28)24-49)14-17-32(37)40-51-38(26-9-3-1-4-10-26)50-39(52-40)27-11-5-2-6-12-27/h1-23H. The molecule has 0 saturated carbocycles. The molecular formula is C42H23F6N5. The highest BCUT2D eigenvalue weighted by Gasteiger charge is 2.33. The third-order valence-electron chi connectivity index (χ3n) is 8.92. The SMILES string of the molecule is N#Cc1cccc(-c2ccc(-c3nc(-c4ccccc4)nc(-c4ccccc4)n3)c(-n3c4ccc(C(F)(F)F)cc4c4cc(C(F)(F)F)ccc43)c2)c1. The Labute approximate surface area is 298 Å². The quantitative estimate of drug-likeness (QED) is 0.167. The number of fused-ring (bicyclic) bond motifs is 3. The van der Waals surface area contributed by atoms with Crippen molar-refractivity contribution in [2.45, 2.75) is 12.4 Å². The molecule has 0 saturated heterocycles. The Kier molecular flexibility index (Phi) is 8.03. The van der Waals surface area contributed by atoms with Crippen molar-refractivity contribution in [1.29, 1.82) is 5.26 Å². The fraction of sp³-hybridized carbons (Fsp3) is 0.0476. The van der Waals surface area contributed by atoms with Gasteiger partial charge in [0.05, 0.1) is 39.5 Å². The lowest BCUT2D eigenvalue weighted by atomic mass is 10.00. The van der Waals surface area contributed by atoms with E-state index in [9.17, 15) is 31.6 Å². The first-order chi connectivity index (χ1) is 25.5. The number of aromatic nitrogens is 4. The van der Waals surface area contributed by atoms with Crippen LogP contribution in [0.3, 0.4) is 0 Å². The van der Waals surface area contributed by atoms with Gasteiger partial charge < -0.3 is 4.57 Å². The fourth-order valence-electron chi connectivity index (χ4n) is 6.42. The van der Waals surface area contributed by atoms with E-state index in [-0.39, 0.29) is 27.6 Å². The zero-order valence-electron chi connectivity index (χ0n) is 27.3. The van der Waals surface area contributed by atoms with Crippen LogP contribution in [0.15, 0.2) is 140 Å². The van der Waals surface area contributed by atoms with Gasteiger partial charge in [-0.2, -0.15) is 31.6 Å². The molecule has 2 heterocycles. The van der Waals surface area contributed by atoms with E-state index in [1.807, 2.05) is 60.7 Å². The van der Waals surface area contributed by atoms with E-state index in [2.05, 4.69) is 6.07 Å². The second-order valence-electron chi connectivity index (χ2n) is 12.3. The van der Waals surface area contributed by atoms with Crippen LogP contribution in [0.25, 0.3) is 72.8 Å². The molecular weight excluding hydrogens is 688 g/mol. The Bertz CT molecular complexity index is 2580. The maximum absolute atomic E-state index is 14.0. The van der Waals surface area contributed by atoms with Gasteiger partial charge in [-0.05, 0) is 71.8 Å². The molecule has 258 valence electrons. The van der Waals surface area contributed by atoms with Crippen LogP contribution < -0.4 is 0 Å². The van der Waals surface area contributed by atoms with Gasteiger partial charge in [0.2, 0.25) is 0 Å². The van der Waals surface area contributed by atoms with E-state index >= 15 is 0 Å². The normalized spacial score (nSPS) is 11.9. The minimum absolute atomic E-state index is 0.0191. The summed E-state index contributed by atoms with van der Waals surface area (Å²) in [4.78, 5) is 14.5. The summed E-state index contributed by atoms with van der Waals surface area (Å²) in [5, 5.41) is 9.57. The molecule has 0 atom stereocenters. The van der Waals surface area contributed by atoms with Crippen LogP contribution >= 0.6 is 0 Å².